The summed E-state index contributed by atoms with van der Waals surface area (Å²) in [4.78, 5) is 0. The van der Waals surface area contributed by atoms with Crippen LogP contribution in [0.25, 0.3) is 11.6 Å². The van der Waals surface area contributed by atoms with Crippen molar-refractivity contribution in [3.8, 4) is 5.75 Å². The van der Waals surface area contributed by atoms with E-state index in [1.54, 1.807) is 12.1 Å². The van der Waals surface area contributed by atoms with Crippen molar-refractivity contribution in [1.82, 2.24) is 0 Å². The van der Waals surface area contributed by atoms with Gasteiger partial charge in [0.15, 0.2) is 0 Å². The van der Waals surface area contributed by atoms with Crippen LogP contribution in [-0.2, 0) is 0 Å². The molecule has 0 aliphatic heterocycles. The maximum Gasteiger partial charge on any atom is 0.573 e. The summed E-state index contributed by atoms with van der Waals surface area (Å²) in [5, 5.41) is 0. The third kappa shape index (κ3) is 4.16. The number of alkyl halides is 3. The Morgan fingerprint density at radius 1 is 0.950 bits per heavy atom. The van der Waals surface area contributed by atoms with Gasteiger partial charge >= 0.3 is 6.36 Å². The number of halogens is 3. The van der Waals surface area contributed by atoms with Crippen LogP contribution < -0.4 is 4.74 Å². The van der Waals surface area contributed by atoms with E-state index in [9.17, 15) is 13.2 Å². The van der Waals surface area contributed by atoms with Gasteiger partial charge in [-0.15, -0.1) is 13.2 Å². The summed E-state index contributed by atoms with van der Waals surface area (Å²) in [6, 6.07) is 15.5. The molecule has 0 saturated carbocycles. The van der Waals surface area contributed by atoms with Crippen molar-refractivity contribution in [1.29, 1.82) is 0 Å². The monoisotopic (exact) mass is 278 g/mol. The molecule has 20 heavy (non-hydrogen) atoms. The van der Waals surface area contributed by atoms with Gasteiger partial charge in [-0.05, 0) is 35.8 Å². The van der Waals surface area contributed by atoms with Gasteiger partial charge in [-0.3, -0.25) is 0 Å². The van der Waals surface area contributed by atoms with E-state index < -0.39 is 6.36 Å². The van der Waals surface area contributed by atoms with E-state index in [1.165, 1.54) is 12.1 Å². The fourth-order valence-electron chi connectivity index (χ4n) is 1.80. The molecule has 0 aromatic heterocycles. The molecule has 0 fully saturated rings. The first-order valence-electron chi connectivity index (χ1n) is 6.03. The first-order chi connectivity index (χ1) is 9.44. The van der Waals surface area contributed by atoms with Crippen LogP contribution >= 0.6 is 0 Å². The molecule has 0 radical (unpaired) electrons. The summed E-state index contributed by atoms with van der Waals surface area (Å²) in [6.07, 6.45) is -2.68. The van der Waals surface area contributed by atoms with Crippen LogP contribution in [0.1, 0.15) is 18.1 Å². The summed E-state index contributed by atoms with van der Waals surface area (Å²) in [7, 11) is 0. The van der Waals surface area contributed by atoms with Crippen molar-refractivity contribution in [2.24, 2.45) is 0 Å². The topological polar surface area (TPSA) is 9.23 Å². The van der Waals surface area contributed by atoms with E-state index >= 15 is 0 Å². The number of hydrogen-bond donors (Lipinski definition) is 0. The normalized spacial score (nSPS) is 12.3. The zero-order valence-electron chi connectivity index (χ0n) is 10.8. The van der Waals surface area contributed by atoms with Crippen LogP contribution in [0.15, 0.2) is 54.6 Å². The van der Waals surface area contributed by atoms with Gasteiger partial charge in [0.2, 0.25) is 0 Å². The number of ether oxygens (including phenoxy) is 1. The van der Waals surface area contributed by atoms with Gasteiger partial charge in [0, 0.05) is 0 Å². The third-order valence-corrected chi connectivity index (χ3v) is 2.73. The molecule has 0 amide bonds. The van der Waals surface area contributed by atoms with E-state index in [1.807, 2.05) is 43.3 Å². The predicted molar refractivity (Wildman–Crippen MR) is 73.1 cm³/mol. The Bertz CT molecular complexity index is 583. The van der Waals surface area contributed by atoms with Crippen molar-refractivity contribution < 1.29 is 17.9 Å². The predicted octanol–water partition coefficient (Wildman–Crippen LogP) is 5.15. The van der Waals surface area contributed by atoms with Crippen LogP contribution in [0.4, 0.5) is 13.2 Å². The quantitative estimate of drug-likeness (QED) is 0.706. The first-order valence-corrected chi connectivity index (χ1v) is 6.03. The minimum atomic E-state index is -4.66. The molecule has 0 N–H and O–H groups in total. The van der Waals surface area contributed by atoms with Gasteiger partial charge < -0.3 is 4.74 Å². The Morgan fingerprint density at radius 3 is 2.10 bits per heavy atom. The molecule has 0 aliphatic rings. The lowest BCUT2D eigenvalue weighted by Crippen LogP contribution is -2.16. The van der Waals surface area contributed by atoms with Crippen LogP contribution in [0, 0.1) is 0 Å². The summed E-state index contributed by atoms with van der Waals surface area (Å²) < 4.78 is 40.0. The number of allylic oxidation sites excluding steroid dienone is 1. The van der Waals surface area contributed by atoms with E-state index in [2.05, 4.69) is 4.74 Å². The molecule has 2 rings (SSSR count). The minimum absolute atomic E-state index is 0.214. The van der Waals surface area contributed by atoms with Crippen molar-refractivity contribution in [3.63, 3.8) is 0 Å². The molecular formula is C16H13F3O. The lowest BCUT2D eigenvalue weighted by atomic mass is 10.0. The highest BCUT2D eigenvalue weighted by atomic mass is 19.4. The van der Waals surface area contributed by atoms with Crippen molar-refractivity contribution in [2.45, 2.75) is 13.3 Å². The fourth-order valence-corrected chi connectivity index (χ4v) is 1.80. The van der Waals surface area contributed by atoms with E-state index in [0.717, 1.165) is 16.7 Å². The summed E-state index contributed by atoms with van der Waals surface area (Å²) in [5.74, 6) is -0.214. The maximum atomic E-state index is 12.1. The largest absolute Gasteiger partial charge is 0.573 e. The second-order valence-corrected chi connectivity index (χ2v) is 4.31. The molecular weight excluding hydrogens is 265 g/mol. The van der Waals surface area contributed by atoms with Gasteiger partial charge in [-0.25, -0.2) is 0 Å². The Balaban J connectivity index is 2.16. The Morgan fingerprint density at radius 2 is 1.55 bits per heavy atom. The molecule has 104 valence electrons. The minimum Gasteiger partial charge on any atom is -0.406 e. The summed E-state index contributed by atoms with van der Waals surface area (Å²) >= 11 is 0. The molecule has 0 atom stereocenters. The average molecular weight is 278 g/mol. The average Bonchev–Trinajstić information content (AvgIpc) is 2.39. The molecule has 0 spiro atoms. The van der Waals surface area contributed by atoms with Gasteiger partial charge in [0.1, 0.15) is 5.75 Å². The SMILES string of the molecule is C/C(=C/c1ccccc1)c1ccc(OC(F)(F)F)cc1. The van der Waals surface area contributed by atoms with Crippen LogP contribution in [0.5, 0.6) is 5.75 Å². The standard InChI is InChI=1S/C16H13F3O/c1-12(11-13-5-3-2-4-6-13)14-7-9-15(10-8-14)20-16(17,18)19/h2-11H,1H3/b12-11-. The molecule has 0 unspecified atom stereocenters. The fraction of sp³-hybridized carbons (Fsp3) is 0.125. The van der Waals surface area contributed by atoms with Crippen LogP contribution in [0.3, 0.4) is 0 Å². The Labute approximate surface area is 115 Å². The number of rotatable bonds is 3. The number of hydrogen-bond acceptors (Lipinski definition) is 1. The summed E-state index contributed by atoms with van der Waals surface area (Å²) in [6.45, 7) is 1.91. The van der Waals surface area contributed by atoms with E-state index in [4.69, 9.17) is 0 Å². The van der Waals surface area contributed by atoms with Crippen molar-refractivity contribution in [2.75, 3.05) is 0 Å². The zero-order valence-corrected chi connectivity index (χ0v) is 10.8. The third-order valence-electron chi connectivity index (χ3n) is 2.73. The lowest BCUT2D eigenvalue weighted by Gasteiger charge is -2.09. The second kappa shape index (κ2) is 5.82. The van der Waals surface area contributed by atoms with E-state index in [-0.39, 0.29) is 5.75 Å². The molecule has 4 heteroatoms. The molecule has 0 bridgehead atoms. The molecule has 0 heterocycles. The number of benzene rings is 2. The second-order valence-electron chi connectivity index (χ2n) is 4.31. The molecule has 2 aromatic carbocycles. The first kappa shape index (κ1) is 14.2. The highest BCUT2D eigenvalue weighted by Gasteiger charge is 2.30. The van der Waals surface area contributed by atoms with Crippen LogP contribution in [-0.4, -0.2) is 6.36 Å². The molecule has 1 nitrogen and oxygen atoms in total. The van der Waals surface area contributed by atoms with Gasteiger partial charge in [0.25, 0.3) is 0 Å². The van der Waals surface area contributed by atoms with Gasteiger partial charge in [-0.1, -0.05) is 48.5 Å². The highest BCUT2D eigenvalue weighted by molar-refractivity contribution is 5.80. The Hall–Kier alpha value is -2.23. The van der Waals surface area contributed by atoms with Gasteiger partial charge in [0.05, 0.1) is 0 Å². The smallest absolute Gasteiger partial charge is 0.406 e. The zero-order chi connectivity index (χ0) is 14.6. The molecule has 0 aliphatic carbocycles. The lowest BCUT2D eigenvalue weighted by molar-refractivity contribution is -0.274. The van der Waals surface area contributed by atoms with Crippen molar-refractivity contribution in [3.05, 3.63) is 65.7 Å². The van der Waals surface area contributed by atoms with Crippen LogP contribution in [0.2, 0.25) is 0 Å². The maximum absolute atomic E-state index is 12.1. The molecule has 0 saturated heterocycles. The van der Waals surface area contributed by atoms with E-state index in [0.29, 0.717) is 0 Å². The van der Waals surface area contributed by atoms with Crippen molar-refractivity contribution >= 4 is 11.6 Å². The summed E-state index contributed by atoms with van der Waals surface area (Å²) in [5.41, 5.74) is 2.86. The van der Waals surface area contributed by atoms with Gasteiger partial charge in [-0.2, -0.15) is 0 Å². The molecule has 2 aromatic rings. The highest BCUT2D eigenvalue weighted by Crippen LogP contribution is 2.25. The Kier molecular flexibility index (Phi) is 4.13.